The second-order valence-corrected chi connectivity index (χ2v) is 7.25. The molecule has 30 heavy (non-hydrogen) atoms. The highest BCUT2D eigenvalue weighted by molar-refractivity contribution is 6.17. The van der Waals surface area contributed by atoms with E-state index in [0.717, 1.165) is 32.0 Å². The largest absolute Gasteiger partial charge is 0.354 e. The zero-order valence-corrected chi connectivity index (χ0v) is 16.8. The van der Waals surface area contributed by atoms with Crippen LogP contribution in [0.4, 0.5) is 11.6 Å². The molecule has 1 aliphatic rings. The molecule has 0 saturated carbocycles. The number of anilines is 2. The third kappa shape index (κ3) is 4.36. The summed E-state index contributed by atoms with van der Waals surface area (Å²) in [6.45, 7) is 3.66. The van der Waals surface area contributed by atoms with Gasteiger partial charge in [-0.1, -0.05) is 48.5 Å². The first-order valence-corrected chi connectivity index (χ1v) is 9.87. The number of benzene rings is 2. The van der Waals surface area contributed by atoms with E-state index < -0.39 is 0 Å². The molecule has 1 saturated heterocycles. The number of piperazine rings is 1. The number of hydrogen-bond donors (Lipinski definition) is 1. The van der Waals surface area contributed by atoms with Crippen molar-refractivity contribution < 1.29 is 9.59 Å². The van der Waals surface area contributed by atoms with E-state index in [1.54, 1.807) is 54.6 Å². The van der Waals surface area contributed by atoms with Crippen LogP contribution in [0.2, 0.25) is 0 Å². The monoisotopic (exact) mass is 401 g/mol. The van der Waals surface area contributed by atoms with Crippen molar-refractivity contribution in [2.75, 3.05) is 43.4 Å². The lowest BCUT2D eigenvalue weighted by atomic mass is 9.98. The summed E-state index contributed by atoms with van der Waals surface area (Å²) in [6, 6.07) is 17.5. The topological polar surface area (TPSA) is 78.4 Å². The number of hydrogen-bond acceptors (Lipinski definition) is 6. The van der Waals surface area contributed by atoms with Gasteiger partial charge in [-0.05, 0) is 13.1 Å². The van der Waals surface area contributed by atoms with E-state index in [1.165, 1.54) is 6.33 Å². The third-order valence-corrected chi connectivity index (χ3v) is 5.17. The number of carbonyl (C=O) groups is 2. The number of likely N-dealkylation sites (N-methyl/N-ethyl adjacent to an activating group) is 1. The van der Waals surface area contributed by atoms with Crippen molar-refractivity contribution in [2.24, 2.45) is 0 Å². The average Bonchev–Trinajstić information content (AvgIpc) is 2.80. The van der Waals surface area contributed by atoms with Crippen molar-refractivity contribution in [2.45, 2.75) is 0 Å². The van der Waals surface area contributed by atoms with Crippen LogP contribution in [0.5, 0.6) is 0 Å². The first-order chi connectivity index (χ1) is 14.6. The zero-order valence-electron chi connectivity index (χ0n) is 16.8. The molecule has 0 radical (unpaired) electrons. The molecule has 1 amide bonds. The first kappa shape index (κ1) is 19.7. The minimum atomic E-state index is -0.377. The Balaban J connectivity index is 1.54. The van der Waals surface area contributed by atoms with Crippen molar-refractivity contribution in [3.05, 3.63) is 83.7 Å². The summed E-state index contributed by atoms with van der Waals surface area (Å²) in [4.78, 5) is 38.8. The fraction of sp³-hybridized carbons (Fsp3) is 0.217. The van der Waals surface area contributed by atoms with Gasteiger partial charge in [0.1, 0.15) is 18.0 Å². The van der Waals surface area contributed by atoms with E-state index in [-0.39, 0.29) is 11.7 Å². The van der Waals surface area contributed by atoms with Gasteiger partial charge in [0.2, 0.25) is 0 Å². The Labute approximate surface area is 175 Å². The molecule has 1 aliphatic heterocycles. The van der Waals surface area contributed by atoms with Crippen LogP contribution in [0.25, 0.3) is 0 Å². The van der Waals surface area contributed by atoms with Crippen LogP contribution >= 0.6 is 0 Å². The SMILES string of the molecule is CN1CCN(c2cc(NC(=O)c3ccccc3C(=O)c3ccccc3)ncn2)CC1. The zero-order chi connectivity index (χ0) is 20.9. The van der Waals surface area contributed by atoms with Crippen LogP contribution < -0.4 is 10.2 Å². The molecular weight excluding hydrogens is 378 g/mol. The summed E-state index contributed by atoms with van der Waals surface area (Å²) >= 11 is 0. The Morgan fingerprint density at radius 3 is 2.27 bits per heavy atom. The van der Waals surface area contributed by atoms with Crippen LogP contribution in [-0.4, -0.2) is 59.8 Å². The van der Waals surface area contributed by atoms with Crippen molar-refractivity contribution in [3.8, 4) is 0 Å². The number of carbonyl (C=O) groups excluding carboxylic acids is 2. The fourth-order valence-corrected chi connectivity index (χ4v) is 3.43. The fourth-order valence-electron chi connectivity index (χ4n) is 3.43. The highest BCUT2D eigenvalue weighted by Crippen LogP contribution is 2.19. The Bertz CT molecular complexity index is 1050. The number of amides is 1. The smallest absolute Gasteiger partial charge is 0.257 e. The predicted molar refractivity (Wildman–Crippen MR) is 116 cm³/mol. The second kappa shape index (κ2) is 8.84. The van der Waals surface area contributed by atoms with Gasteiger partial charge in [-0.3, -0.25) is 9.59 Å². The van der Waals surface area contributed by atoms with Crippen LogP contribution in [0.3, 0.4) is 0 Å². The summed E-state index contributed by atoms with van der Waals surface area (Å²) in [5.41, 5.74) is 1.21. The molecule has 7 nitrogen and oxygen atoms in total. The van der Waals surface area contributed by atoms with E-state index in [0.29, 0.717) is 22.5 Å². The van der Waals surface area contributed by atoms with Gasteiger partial charge in [-0.25, -0.2) is 9.97 Å². The number of nitrogens with one attached hydrogen (secondary N) is 1. The Morgan fingerprint density at radius 2 is 1.53 bits per heavy atom. The molecule has 3 aromatic rings. The molecule has 2 aromatic carbocycles. The molecule has 152 valence electrons. The summed E-state index contributed by atoms with van der Waals surface area (Å²) in [6.07, 6.45) is 1.45. The van der Waals surface area contributed by atoms with Crippen molar-refractivity contribution >= 4 is 23.3 Å². The number of rotatable bonds is 5. The molecule has 0 aliphatic carbocycles. The van der Waals surface area contributed by atoms with Gasteiger partial charge in [0, 0.05) is 43.4 Å². The van der Waals surface area contributed by atoms with Gasteiger partial charge in [-0.2, -0.15) is 0 Å². The van der Waals surface area contributed by atoms with Gasteiger partial charge in [0.25, 0.3) is 5.91 Å². The number of ketones is 1. The molecule has 1 N–H and O–H groups in total. The Morgan fingerprint density at radius 1 is 0.867 bits per heavy atom. The van der Waals surface area contributed by atoms with E-state index in [4.69, 9.17) is 0 Å². The lowest BCUT2D eigenvalue weighted by Gasteiger charge is -2.33. The molecule has 1 fully saturated rings. The summed E-state index contributed by atoms with van der Waals surface area (Å²) in [5.74, 6) is 0.619. The molecule has 0 bridgehead atoms. The summed E-state index contributed by atoms with van der Waals surface area (Å²) < 4.78 is 0. The second-order valence-electron chi connectivity index (χ2n) is 7.25. The first-order valence-electron chi connectivity index (χ1n) is 9.87. The maximum Gasteiger partial charge on any atom is 0.257 e. The minimum Gasteiger partial charge on any atom is -0.354 e. The number of aromatic nitrogens is 2. The summed E-state index contributed by atoms with van der Waals surface area (Å²) in [7, 11) is 2.09. The van der Waals surface area contributed by atoms with Crippen LogP contribution in [-0.2, 0) is 0 Å². The van der Waals surface area contributed by atoms with Crippen LogP contribution in [0, 0.1) is 0 Å². The highest BCUT2D eigenvalue weighted by atomic mass is 16.2. The third-order valence-electron chi connectivity index (χ3n) is 5.17. The molecule has 0 spiro atoms. The normalized spacial score (nSPS) is 14.4. The van der Waals surface area contributed by atoms with Crippen molar-refractivity contribution in [1.82, 2.24) is 14.9 Å². The van der Waals surface area contributed by atoms with Gasteiger partial charge in [0.05, 0.1) is 5.56 Å². The van der Waals surface area contributed by atoms with Gasteiger partial charge < -0.3 is 15.1 Å². The van der Waals surface area contributed by atoms with E-state index in [1.807, 2.05) is 6.07 Å². The maximum absolute atomic E-state index is 13.0. The lowest BCUT2D eigenvalue weighted by Crippen LogP contribution is -2.44. The standard InChI is InChI=1S/C23H23N5O2/c1-27-11-13-28(14-12-27)21-15-20(24-16-25-21)26-23(30)19-10-6-5-9-18(19)22(29)17-7-3-2-4-8-17/h2-10,15-16H,11-14H2,1H3,(H,24,25,26,30). The van der Waals surface area contributed by atoms with E-state index in [9.17, 15) is 9.59 Å². The molecule has 0 unspecified atom stereocenters. The number of nitrogens with zero attached hydrogens (tertiary/aromatic N) is 4. The quantitative estimate of drug-likeness (QED) is 0.663. The lowest BCUT2D eigenvalue weighted by molar-refractivity contribution is 0.0996. The van der Waals surface area contributed by atoms with Gasteiger partial charge >= 0.3 is 0 Å². The van der Waals surface area contributed by atoms with Gasteiger partial charge in [0.15, 0.2) is 5.78 Å². The highest BCUT2D eigenvalue weighted by Gasteiger charge is 2.20. The minimum absolute atomic E-state index is 0.192. The predicted octanol–water partition coefficient (Wildman–Crippen LogP) is 2.71. The Hall–Kier alpha value is -3.58. The maximum atomic E-state index is 13.0. The van der Waals surface area contributed by atoms with Crippen LogP contribution in [0.15, 0.2) is 67.0 Å². The van der Waals surface area contributed by atoms with Crippen LogP contribution in [0.1, 0.15) is 26.3 Å². The Kier molecular flexibility index (Phi) is 5.81. The average molecular weight is 401 g/mol. The molecule has 0 atom stereocenters. The molecule has 4 rings (SSSR count). The van der Waals surface area contributed by atoms with Crippen molar-refractivity contribution in [3.63, 3.8) is 0 Å². The summed E-state index contributed by atoms with van der Waals surface area (Å²) in [5, 5.41) is 2.81. The molecule has 7 heteroatoms. The molecular formula is C23H23N5O2. The molecule has 1 aromatic heterocycles. The molecule has 2 heterocycles. The van der Waals surface area contributed by atoms with E-state index in [2.05, 4.69) is 32.1 Å². The van der Waals surface area contributed by atoms with E-state index >= 15 is 0 Å². The van der Waals surface area contributed by atoms with Crippen molar-refractivity contribution in [1.29, 1.82) is 0 Å². The van der Waals surface area contributed by atoms with Gasteiger partial charge in [-0.15, -0.1) is 0 Å².